The van der Waals surface area contributed by atoms with Crippen LogP contribution in [0.5, 0.6) is 11.5 Å². The number of carbonyl (C=O) groups is 2. The quantitative estimate of drug-likeness (QED) is 0.107. The number of benzene rings is 2. The first-order chi connectivity index (χ1) is 19.8. The minimum atomic E-state index is -5.08. The molecule has 2 aromatic carbocycles. The van der Waals surface area contributed by atoms with E-state index in [1.807, 2.05) is 0 Å². The number of hydrogen-bond acceptors (Lipinski definition) is 7. The van der Waals surface area contributed by atoms with Crippen molar-refractivity contribution in [1.82, 2.24) is 5.32 Å². The van der Waals surface area contributed by atoms with E-state index in [1.54, 1.807) is 33.8 Å². The molecule has 0 radical (unpaired) electrons. The third-order valence-corrected chi connectivity index (χ3v) is 5.65. The van der Waals surface area contributed by atoms with Crippen LogP contribution in [0.4, 0.5) is 26.3 Å². The summed E-state index contributed by atoms with van der Waals surface area (Å²) < 4.78 is 102. The van der Waals surface area contributed by atoms with Crippen molar-refractivity contribution in [2.75, 3.05) is 13.7 Å². The molecule has 1 amide bonds. The minimum Gasteiger partial charge on any atom is -0.493 e. The summed E-state index contributed by atoms with van der Waals surface area (Å²) in [5.74, 6) is -2.06. The van der Waals surface area contributed by atoms with Crippen LogP contribution in [0, 0.1) is 11.3 Å². The van der Waals surface area contributed by atoms with E-state index in [4.69, 9.17) is 24.2 Å². The fourth-order valence-electron chi connectivity index (χ4n) is 3.76. The van der Waals surface area contributed by atoms with E-state index in [2.05, 4.69) is 11.9 Å². The molecule has 43 heavy (non-hydrogen) atoms. The topological polar surface area (TPSA) is 107 Å². The maximum Gasteiger partial charge on any atom is 0.416 e. The molecule has 2 rings (SSSR count). The maximum absolute atomic E-state index is 13.5. The van der Waals surface area contributed by atoms with E-state index in [1.165, 1.54) is 25.3 Å². The number of nitrogens with zero attached hydrogens (tertiary/aromatic N) is 1. The lowest BCUT2D eigenvalue weighted by molar-refractivity contribution is -0.189. The van der Waals surface area contributed by atoms with Gasteiger partial charge in [0, 0.05) is 18.6 Å². The average Bonchev–Trinajstić information content (AvgIpc) is 2.89. The highest BCUT2D eigenvalue weighted by molar-refractivity contribution is 5.99. The number of alkyl halides is 6. The summed E-state index contributed by atoms with van der Waals surface area (Å²) in [5, 5.41) is 11.4. The summed E-state index contributed by atoms with van der Waals surface area (Å²) in [7, 11) is 1.23. The number of nitriles is 1. The number of methoxy groups -OCH3 is 1. The van der Waals surface area contributed by atoms with Crippen LogP contribution in [0.3, 0.4) is 0 Å². The molecule has 0 aliphatic carbocycles. The number of hydrogen-bond donors (Lipinski definition) is 1. The highest BCUT2D eigenvalue weighted by Crippen LogP contribution is 2.38. The number of carbonyl (C=O) groups excluding carboxylic acids is 2. The molecule has 0 spiro atoms. The van der Waals surface area contributed by atoms with Crippen LogP contribution in [0.2, 0.25) is 0 Å². The zero-order valence-corrected chi connectivity index (χ0v) is 24.0. The minimum absolute atomic E-state index is 0.0122. The molecule has 0 bridgehead atoms. The van der Waals surface area contributed by atoms with E-state index in [-0.39, 0.29) is 30.6 Å². The molecule has 234 valence electrons. The molecular formula is C29H30F6N2O6. The molecule has 1 unspecified atom stereocenters. The smallest absolute Gasteiger partial charge is 0.416 e. The van der Waals surface area contributed by atoms with Gasteiger partial charge >= 0.3 is 18.3 Å². The summed E-state index contributed by atoms with van der Waals surface area (Å²) in [6.45, 7) is 8.83. The van der Waals surface area contributed by atoms with Crippen molar-refractivity contribution in [3.05, 3.63) is 70.8 Å². The van der Waals surface area contributed by atoms with E-state index >= 15 is 0 Å². The van der Waals surface area contributed by atoms with E-state index < -0.39 is 64.4 Å². The van der Waals surface area contributed by atoms with Gasteiger partial charge in [-0.15, -0.1) is 0 Å². The third-order valence-electron chi connectivity index (χ3n) is 5.65. The van der Waals surface area contributed by atoms with Gasteiger partial charge in [-0.05, 0) is 57.5 Å². The van der Waals surface area contributed by atoms with Crippen molar-refractivity contribution in [1.29, 1.82) is 5.26 Å². The van der Waals surface area contributed by atoms with Crippen LogP contribution in [0.15, 0.2) is 48.6 Å². The van der Waals surface area contributed by atoms with Gasteiger partial charge < -0.3 is 24.3 Å². The first-order valence-electron chi connectivity index (χ1n) is 12.6. The Hall–Kier alpha value is -4.25. The third kappa shape index (κ3) is 9.37. The van der Waals surface area contributed by atoms with Crippen LogP contribution in [-0.2, 0) is 44.4 Å². The van der Waals surface area contributed by atoms with Crippen LogP contribution < -0.4 is 14.8 Å². The Kier molecular flexibility index (Phi) is 10.9. The number of halogens is 6. The molecule has 0 heterocycles. The van der Waals surface area contributed by atoms with Gasteiger partial charge in [0.25, 0.3) is 5.91 Å². The van der Waals surface area contributed by atoms with Gasteiger partial charge in [-0.3, -0.25) is 4.79 Å². The maximum atomic E-state index is 13.5. The van der Waals surface area contributed by atoms with Gasteiger partial charge in [0.1, 0.15) is 23.9 Å². The molecule has 14 heteroatoms. The number of nitrogens with one attached hydrogen (secondary N) is 1. The van der Waals surface area contributed by atoms with Gasteiger partial charge in [-0.2, -0.15) is 31.6 Å². The predicted molar refractivity (Wildman–Crippen MR) is 141 cm³/mol. The second kappa shape index (κ2) is 13.4. The Bertz CT molecular complexity index is 1390. The molecule has 0 saturated carbocycles. The molecular weight excluding hydrogens is 586 g/mol. The summed E-state index contributed by atoms with van der Waals surface area (Å²) in [6.07, 6.45) is -10.4. The molecule has 2 aromatic rings. The fourth-order valence-corrected chi connectivity index (χ4v) is 3.76. The normalized spacial score (nSPS) is 13.3. The molecule has 1 N–H and O–H groups in total. The molecule has 0 saturated heterocycles. The predicted octanol–water partition coefficient (Wildman–Crippen LogP) is 6.12. The lowest BCUT2D eigenvalue weighted by Crippen LogP contribution is -2.60. The molecule has 1 atom stereocenters. The summed E-state index contributed by atoms with van der Waals surface area (Å²) >= 11 is 0. The fraction of sp³-hybridized carbons (Fsp3) is 0.414. The van der Waals surface area contributed by atoms with Gasteiger partial charge in [0.2, 0.25) is 5.72 Å². The van der Waals surface area contributed by atoms with Crippen molar-refractivity contribution in [3.63, 3.8) is 0 Å². The van der Waals surface area contributed by atoms with Gasteiger partial charge in [0.15, 0.2) is 11.5 Å². The number of esters is 1. The Labute approximate surface area is 244 Å². The summed E-state index contributed by atoms with van der Waals surface area (Å²) in [5.41, 5.74) is -6.85. The Morgan fingerprint density at radius 1 is 0.977 bits per heavy atom. The zero-order valence-electron chi connectivity index (χ0n) is 24.0. The number of rotatable bonds is 11. The monoisotopic (exact) mass is 616 g/mol. The van der Waals surface area contributed by atoms with Crippen molar-refractivity contribution in [3.8, 4) is 17.6 Å². The van der Waals surface area contributed by atoms with Crippen LogP contribution >= 0.6 is 0 Å². The first kappa shape index (κ1) is 34.9. The lowest BCUT2D eigenvalue weighted by Gasteiger charge is -2.34. The van der Waals surface area contributed by atoms with Gasteiger partial charge in [-0.25, -0.2) is 4.79 Å². The number of amides is 1. The van der Waals surface area contributed by atoms with Gasteiger partial charge in [0.05, 0.1) is 18.2 Å². The van der Waals surface area contributed by atoms with Crippen LogP contribution in [0.25, 0.3) is 0 Å². The van der Waals surface area contributed by atoms with Crippen molar-refractivity contribution < 1.29 is 54.9 Å². The molecule has 0 aliphatic rings. The van der Waals surface area contributed by atoms with E-state index in [0.717, 1.165) is 0 Å². The second-order valence-electron chi connectivity index (χ2n) is 10.1. The molecule has 0 aromatic heterocycles. The van der Waals surface area contributed by atoms with Crippen molar-refractivity contribution >= 4 is 11.9 Å². The first-order valence-corrected chi connectivity index (χ1v) is 12.6. The standard InChI is InChI=1S/C29H30F6N2O6/c1-7-42-27(25(39)43-26(3,4)5,37-24(38)17(2)15-36)14-18-8-11-22(23(12-18)40-6)41-16-19-9-10-20(28(30,31)32)13-21(19)29(33,34)35/h8-13H,2,7,14,16H2,1,3-6H3,(H,37,38). The van der Waals surface area contributed by atoms with Crippen molar-refractivity contribution in [2.24, 2.45) is 0 Å². The van der Waals surface area contributed by atoms with Gasteiger partial charge in [-0.1, -0.05) is 18.7 Å². The SMILES string of the molecule is C=C(C#N)C(=O)NC(Cc1ccc(OCc2ccc(C(F)(F)F)cc2C(F)(F)F)c(OC)c1)(OCC)C(=O)OC(C)(C)C. The van der Waals surface area contributed by atoms with E-state index in [9.17, 15) is 35.9 Å². The largest absolute Gasteiger partial charge is 0.493 e. The van der Waals surface area contributed by atoms with E-state index in [0.29, 0.717) is 17.7 Å². The van der Waals surface area contributed by atoms with Crippen LogP contribution in [-0.4, -0.2) is 36.9 Å². The average molecular weight is 617 g/mol. The molecule has 0 aliphatic heterocycles. The highest BCUT2D eigenvalue weighted by Gasteiger charge is 2.45. The summed E-state index contributed by atoms with van der Waals surface area (Å²) in [4.78, 5) is 25.9. The Morgan fingerprint density at radius 3 is 2.14 bits per heavy atom. The zero-order chi connectivity index (χ0) is 32.8. The molecule has 0 fully saturated rings. The molecule has 8 nitrogen and oxygen atoms in total. The van der Waals surface area contributed by atoms with Crippen LogP contribution in [0.1, 0.15) is 49.9 Å². The Morgan fingerprint density at radius 2 is 1.63 bits per heavy atom. The highest BCUT2D eigenvalue weighted by atomic mass is 19.4. The van der Waals surface area contributed by atoms with Crippen molar-refractivity contribution in [2.45, 2.75) is 64.4 Å². The number of ether oxygens (including phenoxy) is 4. The summed E-state index contributed by atoms with van der Waals surface area (Å²) in [6, 6.07) is 6.85. The Balaban J connectivity index is 2.46. The second-order valence-corrected chi connectivity index (χ2v) is 10.1. The lowest BCUT2D eigenvalue weighted by atomic mass is 10.00.